The third-order valence-corrected chi connectivity index (χ3v) is 5.37. The molecule has 7 nitrogen and oxygen atoms in total. The van der Waals surface area contributed by atoms with Gasteiger partial charge >= 0.3 is 0 Å². The lowest BCUT2D eigenvalue weighted by molar-refractivity contribution is -0.142. The molecule has 1 unspecified atom stereocenters. The number of rotatable bonds is 2. The Labute approximate surface area is 147 Å². The lowest BCUT2D eigenvalue weighted by atomic mass is 9.96. The van der Waals surface area contributed by atoms with Gasteiger partial charge in [0, 0.05) is 32.8 Å². The summed E-state index contributed by atoms with van der Waals surface area (Å²) in [5.41, 5.74) is 2.63. The summed E-state index contributed by atoms with van der Waals surface area (Å²) in [6.45, 7) is 2.86. The summed E-state index contributed by atoms with van der Waals surface area (Å²) in [6, 6.07) is 1.91. The van der Waals surface area contributed by atoms with Crippen LogP contribution in [0.5, 0.6) is 0 Å². The van der Waals surface area contributed by atoms with Crippen LogP contribution >= 0.6 is 0 Å². The molecule has 3 aliphatic rings. The predicted octanol–water partition coefficient (Wildman–Crippen LogP) is 0.819. The van der Waals surface area contributed by atoms with E-state index >= 15 is 0 Å². The molecular formula is C18H24N4O3. The first-order valence-corrected chi connectivity index (χ1v) is 9.27. The van der Waals surface area contributed by atoms with Gasteiger partial charge in [-0.3, -0.25) is 9.59 Å². The molecule has 134 valence electrons. The molecular weight excluding hydrogens is 320 g/mol. The predicted molar refractivity (Wildman–Crippen MR) is 90.1 cm³/mol. The van der Waals surface area contributed by atoms with E-state index in [2.05, 4.69) is 10.2 Å². The Balaban J connectivity index is 1.37. The number of amides is 2. The van der Waals surface area contributed by atoms with Gasteiger partial charge in [0.15, 0.2) is 5.69 Å². The van der Waals surface area contributed by atoms with Crippen LogP contribution in [0, 0.1) is 0 Å². The minimum Gasteiger partial charge on any atom is -0.368 e. The SMILES string of the molecule is O=C(c1cc2c(nn1)CCCC2)N1CCN(C(=O)C2CCCO2)CC1. The van der Waals surface area contributed by atoms with Crippen LogP contribution in [0.15, 0.2) is 6.07 Å². The van der Waals surface area contributed by atoms with Crippen LogP contribution in [0.3, 0.4) is 0 Å². The van der Waals surface area contributed by atoms with E-state index in [0.29, 0.717) is 38.5 Å². The standard InChI is InChI=1S/C18H24N4O3/c23-17(15-12-13-4-1-2-5-14(13)19-20-15)21-7-9-22(10-8-21)18(24)16-6-3-11-25-16/h12,16H,1-11H2. The van der Waals surface area contributed by atoms with Crippen LogP contribution in [0.2, 0.25) is 0 Å². The molecule has 2 aliphatic heterocycles. The normalized spacial score (nSPS) is 23.4. The van der Waals surface area contributed by atoms with E-state index in [1.807, 2.05) is 11.0 Å². The maximum absolute atomic E-state index is 12.7. The molecule has 4 rings (SSSR count). The van der Waals surface area contributed by atoms with Crippen LogP contribution in [0.1, 0.15) is 47.4 Å². The van der Waals surface area contributed by atoms with Crippen molar-refractivity contribution < 1.29 is 14.3 Å². The second-order valence-corrected chi connectivity index (χ2v) is 7.03. The quantitative estimate of drug-likeness (QED) is 0.794. The van der Waals surface area contributed by atoms with Crippen molar-refractivity contribution in [2.45, 2.75) is 44.6 Å². The molecule has 2 amide bonds. The smallest absolute Gasteiger partial charge is 0.274 e. The Kier molecular flexibility index (Phi) is 4.65. The molecule has 2 fully saturated rings. The van der Waals surface area contributed by atoms with Gasteiger partial charge < -0.3 is 14.5 Å². The molecule has 0 N–H and O–H groups in total. The third-order valence-electron chi connectivity index (χ3n) is 5.37. The Morgan fingerprint density at radius 1 is 1.00 bits per heavy atom. The zero-order valence-corrected chi connectivity index (χ0v) is 14.4. The molecule has 3 heterocycles. The first-order valence-electron chi connectivity index (χ1n) is 9.27. The summed E-state index contributed by atoms with van der Waals surface area (Å²) in [5, 5.41) is 8.39. The Morgan fingerprint density at radius 2 is 1.76 bits per heavy atom. The van der Waals surface area contributed by atoms with Crippen molar-refractivity contribution in [2.24, 2.45) is 0 Å². The van der Waals surface area contributed by atoms with Crippen LogP contribution < -0.4 is 0 Å². The lowest BCUT2D eigenvalue weighted by Crippen LogP contribution is -2.53. The summed E-state index contributed by atoms with van der Waals surface area (Å²) in [6.07, 6.45) is 5.71. The fourth-order valence-corrected chi connectivity index (χ4v) is 3.86. The fraction of sp³-hybridized carbons (Fsp3) is 0.667. The molecule has 0 saturated carbocycles. The van der Waals surface area contributed by atoms with Gasteiger partial charge in [0.05, 0.1) is 5.69 Å². The molecule has 1 aromatic rings. The molecule has 2 saturated heterocycles. The number of carbonyl (C=O) groups is 2. The zero-order valence-electron chi connectivity index (χ0n) is 14.4. The van der Waals surface area contributed by atoms with Crippen molar-refractivity contribution in [3.8, 4) is 0 Å². The van der Waals surface area contributed by atoms with Crippen molar-refractivity contribution >= 4 is 11.8 Å². The van der Waals surface area contributed by atoms with Crippen molar-refractivity contribution in [2.75, 3.05) is 32.8 Å². The summed E-state index contributed by atoms with van der Waals surface area (Å²) < 4.78 is 5.47. The first kappa shape index (κ1) is 16.4. The first-order chi connectivity index (χ1) is 12.2. The molecule has 1 atom stereocenters. The van der Waals surface area contributed by atoms with Crippen molar-refractivity contribution in [1.82, 2.24) is 20.0 Å². The van der Waals surface area contributed by atoms with E-state index in [4.69, 9.17) is 4.74 Å². The number of aryl methyl sites for hydroxylation is 2. The number of hydrogen-bond donors (Lipinski definition) is 0. The van der Waals surface area contributed by atoms with E-state index in [1.54, 1.807) is 4.90 Å². The van der Waals surface area contributed by atoms with Gasteiger partial charge in [-0.05, 0) is 50.2 Å². The molecule has 7 heteroatoms. The number of ether oxygens (including phenoxy) is 1. The molecule has 1 aliphatic carbocycles. The van der Waals surface area contributed by atoms with E-state index in [0.717, 1.165) is 49.8 Å². The Bertz CT molecular complexity index is 664. The number of hydrogen-bond acceptors (Lipinski definition) is 5. The largest absolute Gasteiger partial charge is 0.368 e. The number of fused-ring (bicyclic) bond motifs is 1. The van der Waals surface area contributed by atoms with Gasteiger partial charge in [-0.1, -0.05) is 0 Å². The molecule has 0 spiro atoms. The third kappa shape index (κ3) is 3.38. The maximum atomic E-state index is 12.7. The summed E-state index contributed by atoms with van der Waals surface area (Å²) in [4.78, 5) is 28.7. The molecule has 0 radical (unpaired) electrons. The number of aromatic nitrogens is 2. The summed E-state index contributed by atoms with van der Waals surface area (Å²) in [5.74, 6) is -0.0109. The fourth-order valence-electron chi connectivity index (χ4n) is 3.86. The van der Waals surface area contributed by atoms with Crippen LogP contribution in [0.4, 0.5) is 0 Å². The van der Waals surface area contributed by atoms with Gasteiger partial charge in [-0.15, -0.1) is 5.10 Å². The molecule has 0 aromatic carbocycles. The number of piperazine rings is 1. The number of nitrogens with zero attached hydrogens (tertiary/aromatic N) is 4. The minimum absolute atomic E-state index is 0.0678. The van der Waals surface area contributed by atoms with Gasteiger partial charge in [0.25, 0.3) is 11.8 Å². The average molecular weight is 344 g/mol. The highest BCUT2D eigenvalue weighted by Gasteiger charge is 2.32. The molecule has 25 heavy (non-hydrogen) atoms. The molecule has 1 aromatic heterocycles. The van der Waals surface area contributed by atoms with E-state index in [9.17, 15) is 9.59 Å². The molecule has 0 bridgehead atoms. The monoisotopic (exact) mass is 344 g/mol. The van der Waals surface area contributed by atoms with Crippen LogP contribution in [-0.2, 0) is 22.4 Å². The highest BCUT2D eigenvalue weighted by atomic mass is 16.5. The zero-order chi connectivity index (χ0) is 17.2. The summed E-state index contributed by atoms with van der Waals surface area (Å²) >= 11 is 0. The number of carbonyl (C=O) groups excluding carboxylic acids is 2. The van der Waals surface area contributed by atoms with Gasteiger partial charge in [0.1, 0.15) is 6.10 Å². The van der Waals surface area contributed by atoms with E-state index in [-0.39, 0.29) is 17.9 Å². The highest BCUT2D eigenvalue weighted by Crippen LogP contribution is 2.20. The van der Waals surface area contributed by atoms with Crippen LogP contribution in [-0.4, -0.2) is 70.7 Å². The van der Waals surface area contributed by atoms with Gasteiger partial charge in [-0.25, -0.2) is 0 Å². The Morgan fingerprint density at radius 3 is 2.52 bits per heavy atom. The van der Waals surface area contributed by atoms with Crippen molar-refractivity contribution in [3.05, 3.63) is 23.0 Å². The van der Waals surface area contributed by atoms with E-state index < -0.39 is 0 Å². The van der Waals surface area contributed by atoms with Gasteiger partial charge in [0.2, 0.25) is 0 Å². The summed E-state index contributed by atoms with van der Waals surface area (Å²) in [7, 11) is 0. The average Bonchev–Trinajstić information content (AvgIpc) is 3.21. The lowest BCUT2D eigenvalue weighted by Gasteiger charge is -2.35. The second-order valence-electron chi connectivity index (χ2n) is 7.03. The van der Waals surface area contributed by atoms with Crippen molar-refractivity contribution in [1.29, 1.82) is 0 Å². The second kappa shape index (κ2) is 7.07. The van der Waals surface area contributed by atoms with Gasteiger partial charge in [-0.2, -0.15) is 5.10 Å². The topological polar surface area (TPSA) is 75.6 Å². The van der Waals surface area contributed by atoms with E-state index in [1.165, 1.54) is 0 Å². The van der Waals surface area contributed by atoms with Crippen molar-refractivity contribution in [3.63, 3.8) is 0 Å². The highest BCUT2D eigenvalue weighted by molar-refractivity contribution is 5.92. The maximum Gasteiger partial charge on any atom is 0.274 e. The van der Waals surface area contributed by atoms with Crippen LogP contribution in [0.25, 0.3) is 0 Å². The minimum atomic E-state index is -0.284. The Hall–Kier alpha value is -2.02.